The van der Waals surface area contributed by atoms with Crippen LogP contribution in [0.4, 0.5) is 8.78 Å². The highest BCUT2D eigenvalue weighted by atomic mass is 19.2. The van der Waals surface area contributed by atoms with Crippen LogP contribution in [0.25, 0.3) is 0 Å². The van der Waals surface area contributed by atoms with Crippen molar-refractivity contribution in [3.8, 4) is 0 Å². The van der Waals surface area contributed by atoms with E-state index in [9.17, 15) is 8.78 Å². The average molecular weight is 269 g/mol. The summed E-state index contributed by atoms with van der Waals surface area (Å²) in [6, 6.07) is 4.16. The van der Waals surface area contributed by atoms with Crippen LogP contribution in [-0.4, -0.2) is 25.8 Å². The molecule has 0 aliphatic carbocycles. The summed E-state index contributed by atoms with van der Waals surface area (Å²) >= 11 is 0. The van der Waals surface area contributed by atoms with E-state index in [0.717, 1.165) is 31.7 Å². The summed E-state index contributed by atoms with van der Waals surface area (Å²) in [7, 11) is 0. The Morgan fingerprint density at radius 1 is 1.37 bits per heavy atom. The molecule has 4 heteroatoms. The Morgan fingerprint density at radius 2 is 2.16 bits per heavy atom. The van der Waals surface area contributed by atoms with E-state index in [1.165, 1.54) is 12.1 Å². The third-order valence-electron chi connectivity index (χ3n) is 4.10. The van der Waals surface area contributed by atoms with E-state index in [2.05, 4.69) is 19.2 Å². The van der Waals surface area contributed by atoms with Crippen LogP contribution in [-0.2, 0) is 11.2 Å². The molecule has 2 nitrogen and oxygen atoms in total. The third-order valence-corrected chi connectivity index (χ3v) is 4.10. The van der Waals surface area contributed by atoms with Crippen molar-refractivity contribution < 1.29 is 13.5 Å². The number of hydrogen-bond donors (Lipinski definition) is 1. The fourth-order valence-corrected chi connectivity index (χ4v) is 2.78. The van der Waals surface area contributed by atoms with Gasteiger partial charge >= 0.3 is 0 Å². The number of nitrogens with one attached hydrogen (secondary N) is 1. The number of halogens is 2. The van der Waals surface area contributed by atoms with Crippen LogP contribution in [0, 0.1) is 17.0 Å². The van der Waals surface area contributed by atoms with E-state index >= 15 is 0 Å². The lowest BCUT2D eigenvalue weighted by atomic mass is 9.76. The lowest BCUT2D eigenvalue weighted by Crippen LogP contribution is -2.41. The van der Waals surface area contributed by atoms with Gasteiger partial charge in [0.05, 0.1) is 6.10 Å². The summed E-state index contributed by atoms with van der Waals surface area (Å²) in [6.45, 7) is 6.59. The topological polar surface area (TPSA) is 21.3 Å². The number of rotatable bonds is 5. The van der Waals surface area contributed by atoms with Crippen LogP contribution in [0.2, 0.25) is 0 Å². The largest absolute Gasteiger partial charge is 0.378 e. The fraction of sp³-hybridized carbons (Fsp3) is 0.600. The first-order valence-corrected chi connectivity index (χ1v) is 6.83. The van der Waals surface area contributed by atoms with Crippen molar-refractivity contribution in [1.82, 2.24) is 5.32 Å². The summed E-state index contributed by atoms with van der Waals surface area (Å²) in [5.41, 5.74) is 0.800. The molecule has 1 aromatic carbocycles. The molecule has 2 unspecified atom stereocenters. The number of benzene rings is 1. The second kappa shape index (κ2) is 5.97. The van der Waals surface area contributed by atoms with Gasteiger partial charge in [0.1, 0.15) is 0 Å². The molecule has 0 saturated carbocycles. The normalized spacial score (nSPS) is 26.8. The van der Waals surface area contributed by atoms with Gasteiger partial charge in [-0.15, -0.1) is 0 Å². The van der Waals surface area contributed by atoms with Crippen molar-refractivity contribution in [2.24, 2.45) is 5.41 Å². The Labute approximate surface area is 113 Å². The monoisotopic (exact) mass is 269 g/mol. The molecule has 0 amide bonds. The first-order valence-electron chi connectivity index (χ1n) is 6.83. The molecule has 1 aliphatic heterocycles. The van der Waals surface area contributed by atoms with Crippen LogP contribution >= 0.6 is 0 Å². The molecule has 0 radical (unpaired) electrons. The molecule has 1 saturated heterocycles. The minimum absolute atomic E-state index is 0.0275. The average Bonchev–Trinajstić information content (AvgIpc) is 2.73. The molecule has 0 bridgehead atoms. The standard InChI is InChI=1S/C15H21F2NO/c1-3-18-10-15(6-7-19-11(15)2)9-12-4-5-13(16)14(17)8-12/h4-5,8,11,18H,3,6-7,9-10H2,1-2H3. The molecular weight excluding hydrogens is 248 g/mol. The maximum atomic E-state index is 13.3. The molecule has 1 N–H and O–H groups in total. The van der Waals surface area contributed by atoms with Crippen molar-refractivity contribution in [3.63, 3.8) is 0 Å². The third kappa shape index (κ3) is 3.12. The molecule has 1 fully saturated rings. The van der Waals surface area contributed by atoms with Gasteiger partial charge in [-0.1, -0.05) is 13.0 Å². The fourth-order valence-electron chi connectivity index (χ4n) is 2.78. The zero-order valence-electron chi connectivity index (χ0n) is 11.5. The summed E-state index contributed by atoms with van der Waals surface area (Å²) in [5.74, 6) is -1.57. The van der Waals surface area contributed by atoms with Gasteiger partial charge in [0.25, 0.3) is 0 Å². The second-order valence-corrected chi connectivity index (χ2v) is 5.33. The maximum Gasteiger partial charge on any atom is 0.159 e. The van der Waals surface area contributed by atoms with Gasteiger partial charge in [0, 0.05) is 18.6 Å². The van der Waals surface area contributed by atoms with Crippen molar-refractivity contribution in [2.75, 3.05) is 19.7 Å². The Balaban J connectivity index is 2.17. The second-order valence-electron chi connectivity index (χ2n) is 5.33. The van der Waals surface area contributed by atoms with Crippen molar-refractivity contribution in [2.45, 2.75) is 32.8 Å². The maximum absolute atomic E-state index is 13.3. The summed E-state index contributed by atoms with van der Waals surface area (Å²) in [5, 5.41) is 3.36. The predicted molar refractivity (Wildman–Crippen MR) is 71.1 cm³/mol. The van der Waals surface area contributed by atoms with Gasteiger partial charge in [-0.3, -0.25) is 0 Å². The predicted octanol–water partition coefficient (Wildman–Crippen LogP) is 2.91. The molecule has 1 aliphatic rings. The van der Waals surface area contributed by atoms with Crippen LogP contribution < -0.4 is 5.32 Å². The molecule has 0 aromatic heterocycles. The van der Waals surface area contributed by atoms with E-state index < -0.39 is 11.6 Å². The first kappa shape index (κ1) is 14.4. The van der Waals surface area contributed by atoms with E-state index in [4.69, 9.17) is 4.74 Å². The molecule has 2 rings (SSSR count). The lowest BCUT2D eigenvalue weighted by molar-refractivity contribution is 0.0632. The van der Waals surface area contributed by atoms with E-state index in [0.29, 0.717) is 6.42 Å². The minimum Gasteiger partial charge on any atom is -0.378 e. The van der Waals surface area contributed by atoms with Crippen LogP contribution in [0.5, 0.6) is 0 Å². The smallest absolute Gasteiger partial charge is 0.159 e. The van der Waals surface area contributed by atoms with Gasteiger partial charge < -0.3 is 10.1 Å². The summed E-state index contributed by atoms with van der Waals surface area (Å²) in [4.78, 5) is 0. The van der Waals surface area contributed by atoms with Gasteiger partial charge in [-0.05, 0) is 44.0 Å². The van der Waals surface area contributed by atoms with Crippen LogP contribution in [0.1, 0.15) is 25.8 Å². The van der Waals surface area contributed by atoms with Gasteiger partial charge in [0.2, 0.25) is 0 Å². The zero-order valence-corrected chi connectivity index (χ0v) is 11.5. The van der Waals surface area contributed by atoms with Crippen LogP contribution in [0.3, 0.4) is 0 Å². The Kier molecular flexibility index (Phi) is 4.53. The summed E-state index contributed by atoms with van der Waals surface area (Å²) < 4.78 is 32.0. The van der Waals surface area contributed by atoms with Crippen molar-refractivity contribution in [3.05, 3.63) is 35.4 Å². The van der Waals surface area contributed by atoms with E-state index in [1.54, 1.807) is 6.07 Å². The molecule has 2 atom stereocenters. The highest BCUT2D eigenvalue weighted by Gasteiger charge is 2.41. The first-order chi connectivity index (χ1) is 9.07. The SMILES string of the molecule is CCNCC1(Cc2ccc(F)c(F)c2)CCOC1C. The van der Waals surface area contributed by atoms with E-state index in [-0.39, 0.29) is 11.5 Å². The quantitative estimate of drug-likeness (QED) is 0.887. The molecule has 0 spiro atoms. The zero-order chi connectivity index (χ0) is 13.9. The lowest BCUT2D eigenvalue weighted by Gasteiger charge is -2.32. The van der Waals surface area contributed by atoms with Crippen molar-refractivity contribution in [1.29, 1.82) is 0 Å². The van der Waals surface area contributed by atoms with E-state index in [1.807, 2.05) is 0 Å². The highest BCUT2D eigenvalue weighted by Crippen LogP contribution is 2.37. The minimum atomic E-state index is -0.791. The molecular formula is C15H21F2NO. The molecule has 106 valence electrons. The molecule has 19 heavy (non-hydrogen) atoms. The Bertz CT molecular complexity index is 438. The van der Waals surface area contributed by atoms with Crippen molar-refractivity contribution >= 4 is 0 Å². The van der Waals surface area contributed by atoms with Gasteiger partial charge in [-0.25, -0.2) is 8.78 Å². The van der Waals surface area contributed by atoms with Crippen LogP contribution in [0.15, 0.2) is 18.2 Å². The Morgan fingerprint density at radius 3 is 2.74 bits per heavy atom. The number of hydrogen-bond acceptors (Lipinski definition) is 2. The summed E-state index contributed by atoms with van der Waals surface area (Å²) in [6.07, 6.45) is 1.78. The highest BCUT2D eigenvalue weighted by molar-refractivity contribution is 5.20. The van der Waals surface area contributed by atoms with Gasteiger partial charge in [0.15, 0.2) is 11.6 Å². The number of ether oxygens (including phenoxy) is 1. The molecule has 1 heterocycles. The molecule has 1 aromatic rings. The Hall–Kier alpha value is -1.00. The van der Waals surface area contributed by atoms with Gasteiger partial charge in [-0.2, -0.15) is 0 Å².